The molecule has 1 aliphatic heterocycles. The summed E-state index contributed by atoms with van der Waals surface area (Å²) in [5.41, 5.74) is 7.03. The van der Waals surface area contributed by atoms with Gasteiger partial charge in [0.15, 0.2) is 11.6 Å². The molecule has 0 radical (unpaired) electrons. The van der Waals surface area contributed by atoms with Crippen LogP contribution in [-0.2, 0) is 4.79 Å². The number of rotatable bonds is 5. The number of fused-ring (bicyclic) bond motifs is 2. The number of aryl methyl sites for hydroxylation is 1. The molecule has 178 valence electrons. The quantitative estimate of drug-likeness (QED) is 0.351. The molecule has 0 aliphatic carbocycles. The number of nitrogens with one attached hydrogen (secondary N) is 3. The second-order valence-corrected chi connectivity index (χ2v) is 8.36. The van der Waals surface area contributed by atoms with Gasteiger partial charge in [-0.05, 0) is 25.1 Å². The molecular formula is C25H22N10O. The van der Waals surface area contributed by atoms with Crippen LogP contribution >= 0.6 is 0 Å². The van der Waals surface area contributed by atoms with E-state index in [1.165, 1.54) is 0 Å². The number of amides is 1. The van der Waals surface area contributed by atoms with Gasteiger partial charge in [-0.25, -0.2) is 15.0 Å². The maximum atomic E-state index is 11.8. The standard InChI is InChI=1S/C25H22N10O/c1-3-21(36)32-16-6-15(8-26-9-16)19-7-17-20(10-28-19)29-12-30-22(17)24-33-18-4-5-27-25(23(18)34-24)35-11-14(2)31-13-35/h4-11,13,29H,3,12H2,1-2H3,(H,32,36)(H,33,34). The summed E-state index contributed by atoms with van der Waals surface area (Å²) in [5.74, 6) is 1.26. The number of aliphatic imine (C=N–C) groups is 1. The Morgan fingerprint density at radius 1 is 1.17 bits per heavy atom. The van der Waals surface area contributed by atoms with Crippen molar-refractivity contribution in [1.29, 1.82) is 0 Å². The molecule has 11 heteroatoms. The van der Waals surface area contributed by atoms with Crippen LogP contribution < -0.4 is 10.6 Å². The van der Waals surface area contributed by atoms with E-state index in [2.05, 4.69) is 35.6 Å². The molecule has 0 saturated carbocycles. The van der Waals surface area contributed by atoms with Crippen LogP contribution in [0.1, 0.15) is 30.4 Å². The van der Waals surface area contributed by atoms with E-state index in [0.29, 0.717) is 36.1 Å². The lowest BCUT2D eigenvalue weighted by Crippen LogP contribution is -2.18. The van der Waals surface area contributed by atoms with Crippen LogP contribution in [0.5, 0.6) is 0 Å². The molecule has 3 N–H and O–H groups in total. The lowest BCUT2D eigenvalue weighted by atomic mass is 10.0. The molecule has 6 heterocycles. The summed E-state index contributed by atoms with van der Waals surface area (Å²) < 4.78 is 1.86. The number of imidazole rings is 2. The Morgan fingerprint density at radius 3 is 2.92 bits per heavy atom. The number of hydrogen-bond acceptors (Lipinski definition) is 8. The fraction of sp³-hybridized carbons (Fsp3) is 0.160. The zero-order valence-corrected chi connectivity index (χ0v) is 19.6. The Hall–Kier alpha value is -4.93. The van der Waals surface area contributed by atoms with Gasteiger partial charge in [0.25, 0.3) is 0 Å². The number of aromatic amines is 1. The maximum Gasteiger partial charge on any atom is 0.224 e. The molecule has 36 heavy (non-hydrogen) atoms. The average molecular weight is 479 g/mol. The van der Waals surface area contributed by atoms with Gasteiger partial charge < -0.3 is 15.6 Å². The predicted molar refractivity (Wildman–Crippen MR) is 136 cm³/mol. The van der Waals surface area contributed by atoms with Gasteiger partial charge in [-0.15, -0.1) is 0 Å². The summed E-state index contributed by atoms with van der Waals surface area (Å²) in [6, 6.07) is 5.70. The number of carbonyl (C=O) groups excluding carboxylic acids is 1. The highest BCUT2D eigenvalue weighted by molar-refractivity contribution is 6.16. The second kappa shape index (κ2) is 8.69. The van der Waals surface area contributed by atoms with Crippen molar-refractivity contribution >= 4 is 34.0 Å². The van der Waals surface area contributed by atoms with Crippen molar-refractivity contribution in [3.63, 3.8) is 0 Å². The lowest BCUT2D eigenvalue weighted by Gasteiger charge is -2.18. The highest BCUT2D eigenvalue weighted by Crippen LogP contribution is 2.29. The number of nitrogens with zero attached hydrogens (tertiary/aromatic N) is 7. The number of H-pyrrole nitrogens is 1. The molecule has 1 amide bonds. The number of hydrogen-bond donors (Lipinski definition) is 3. The third-order valence-electron chi connectivity index (χ3n) is 5.87. The molecule has 6 rings (SSSR count). The molecule has 0 bridgehead atoms. The number of carbonyl (C=O) groups is 1. The minimum atomic E-state index is -0.0735. The molecule has 1 aliphatic rings. The van der Waals surface area contributed by atoms with Gasteiger partial charge in [-0.3, -0.25) is 24.3 Å². The molecule has 0 fully saturated rings. The van der Waals surface area contributed by atoms with Crippen molar-refractivity contribution in [1.82, 2.24) is 34.5 Å². The van der Waals surface area contributed by atoms with Gasteiger partial charge in [0, 0.05) is 36.1 Å². The lowest BCUT2D eigenvalue weighted by molar-refractivity contribution is -0.115. The van der Waals surface area contributed by atoms with Crippen LogP contribution in [0.2, 0.25) is 0 Å². The van der Waals surface area contributed by atoms with Crippen molar-refractivity contribution in [3.05, 3.63) is 72.6 Å². The van der Waals surface area contributed by atoms with Gasteiger partial charge in [-0.2, -0.15) is 0 Å². The Labute approximate surface area is 205 Å². The average Bonchev–Trinajstić information content (AvgIpc) is 3.54. The molecule has 0 spiro atoms. The van der Waals surface area contributed by atoms with E-state index in [9.17, 15) is 4.79 Å². The zero-order chi connectivity index (χ0) is 24.6. The Morgan fingerprint density at radius 2 is 2.08 bits per heavy atom. The Bertz CT molecular complexity index is 1650. The molecule has 5 aromatic rings. The van der Waals surface area contributed by atoms with Crippen LogP contribution in [0.4, 0.5) is 11.4 Å². The van der Waals surface area contributed by atoms with E-state index in [1.807, 2.05) is 35.9 Å². The smallest absolute Gasteiger partial charge is 0.224 e. The van der Waals surface area contributed by atoms with Crippen molar-refractivity contribution in [3.8, 4) is 17.1 Å². The third-order valence-corrected chi connectivity index (χ3v) is 5.87. The molecule has 0 unspecified atom stereocenters. The monoisotopic (exact) mass is 478 g/mol. The van der Waals surface area contributed by atoms with E-state index < -0.39 is 0 Å². The second-order valence-electron chi connectivity index (χ2n) is 8.36. The Kier molecular flexibility index (Phi) is 5.21. The van der Waals surface area contributed by atoms with Gasteiger partial charge >= 0.3 is 0 Å². The van der Waals surface area contributed by atoms with Crippen molar-refractivity contribution in [2.45, 2.75) is 20.3 Å². The highest BCUT2D eigenvalue weighted by atomic mass is 16.1. The first-order valence-corrected chi connectivity index (χ1v) is 11.5. The molecular weight excluding hydrogens is 456 g/mol. The molecule has 11 nitrogen and oxygen atoms in total. The van der Waals surface area contributed by atoms with Gasteiger partial charge in [0.1, 0.15) is 24.2 Å². The van der Waals surface area contributed by atoms with E-state index in [1.54, 1.807) is 38.0 Å². The minimum Gasteiger partial charge on any atom is -0.364 e. The van der Waals surface area contributed by atoms with E-state index in [0.717, 1.165) is 39.3 Å². The molecule has 0 aromatic carbocycles. The number of aromatic nitrogens is 7. The van der Waals surface area contributed by atoms with E-state index in [-0.39, 0.29) is 5.91 Å². The van der Waals surface area contributed by atoms with Gasteiger partial charge in [0.2, 0.25) is 5.91 Å². The summed E-state index contributed by atoms with van der Waals surface area (Å²) in [5, 5.41) is 6.11. The van der Waals surface area contributed by atoms with Crippen LogP contribution in [0.3, 0.4) is 0 Å². The number of anilines is 2. The van der Waals surface area contributed by atoms with Crippen molar-refractivity contribution < 1.29 is 4.79 Å². The summed E-state index contributed by atoms with van der Waals surface area (Å²) >= 11 is 0. The van der Waals surface area contributed by atoms with Crippen LogP contribution in [-0.4, -0.2) is 52.8 Å². The molecule has 5 aromatic heterocycles. The van der Waals surface area contributed by atoms with Crippen molar-refractivity contribution in [2.24, 2.45) is 4.99 Å². The predicted octanol–water partition coefficient (Wildman–Crippen LogP) is 3.48. The van der Waals surface area contributed by atoms with E-state index in [4.69, 9.17) is 9.98 Å². The van der Waals surface area contributed by atoms with Gasteiger partial charge in [-0.1, -0.05) is 6.92 Å². The highest BCUT2D eigenvalue weighted by Gasteiger charge is 2.22. The normalized spacial score (nSPS) is 12.7. The van der Waals surface area contributed by atoms with Crippen LogP contribution in [0.15, 0.2) is 60.5 Å². The van der Waals surface area contributed by atoms with Crippen molar-refractivity contribution in [2.75, 3.05) is 17.3 Å². The van der Waals surface area contributed by atoms with Gasteiger partial charge in [0.05, 0.1) is 40.7 Å². The maximum absolute atomic E-state index is 11.8. The largest absolute Gasteiger partial charge is 0.364 e. The van der Waals surface area contributed by atoms with Crippen LogP contribution in [0.25, 0.3) is 28.1 Å². The zero-order valence-electron chi connectivity index (χ0n) is 19.6. The fourth-order valence-corrected chi connectivity index (χ4v) is 4.10. The summed E-state index contributed by atoms with van der Waals surface area (Å²) in [6.45, 7) is 4.15. The molecule has 0 atom stereocenters. The van der Waals surface area contributed by atoms with Crippen LogP contribution in [0, 0.1) is 6.92 Å². The first kappa shape index (κ1) is 21.6. The number of pyridine rings is 3. The Balaban J connectivity index is 1.40. The summed E-state index contributed by atoms with van der Waals surface area (Å²) in [4.78, 5) is 42.5. The topological polar surface area (TPSA) is 139 Å². The minimum absolute atomic E-state index is 0.0735. The first-order chi connectivity index (χ1) is 17.6. The summed E-state index contributed by atoms with van der Waals surface area (Å²) in [7, 11) is 0. The van der Waals surface area contributed by atoms with E-state index >= 15 is 0 Å². The fourth-order valence-electron chi connectivity index (χ4n) is 4.10. The molecule has 0 saturated heterocycles. The third kappa shape index (κ3) is 3.86. The first-order valence-electron chi connectivity index (χ1n) is 11.5. The summed E-state index contributed by atoms with van der Waals surface area (Å²) in [6.07, 6.45) is 10.9. The SMILES string of the molecule is CCC(=O)Nc1cncc(-c2cc3c(cn2)NCN=C3c2nc3c(-n4cnc(C)c4)nccc3[nH]2)c1.